The fourth-order valence-electron chi connectivity index (χ4n) is 5.16. The molecule has 7 heteroatoms. The number of anilines is 1. The number of rotatable bonds is 7. The van der Waals surface area contributed by atoms with Crippen LogP contribution in [0.2, 0.25) is 0 Å². The number of H-pyrrole nitrogens is 1. The van der Waals surface area contributed by atoms with Crippen molar-refractivity contribution >= 4 is 22.8 Å². The van der Waals surface area contributed by atoms with E-state index in [2.05, 4.69) is 38.4 Å². The highest BCUT2D eigenvalue weighted by molar-refractivity contribution is 6.03. The predicted octanol–water partition coefficient (Wildman–Crippen LogP) is 5.69. The summed E-state index contributed by atoms with van der Waals surface area (Å²) in [6, 6.07) is 25.8. The Morgan fingerprint density at radius 2 is 1.84 bits per heavy atom. The number of pyridine rings is 2. The van der Waals surface area contributed by atoms with Gasteiger partial charge in [-0.2, -0.15) is 0 Å². The van der Waals surface area contributed by atoms with Crippen LogP contribution in [0.15, 0.2) is 91.3 Å². The molecular formula is C30H28N6O. The third kappa shape index (κ3) is 5.13. The van der Waals surface area contributed by atoms with E-state index in [1.807, 2.05) is 60.8 Å². The first kappa shape index (κ1) is 23.1. The van der Waals surface area contributed by atoms with Crippen molar-refractivity contribution in [2.45, 2.75) is 38.4 Å². The van der Waals surface area contributed by atoms with Gasteiger partial charge < -0.3 is 10.3 Å². The molecule has 6 rings (SSSR count). The van der Waals surface area contributed by atoms with Gasteiger partial charge in [-0.05, 0) is 72.9 Å². The summed E-state index contributed by atoms with van der Waals surface area (Å²) < 4.78 is 0. The van der Waals surface area contributed by atoms with E-state index >= 15 is 0 Å². The predicted molar refractivity (Wildman–Crippen MR) is 144 cm³/mol. The molecule has 1 aliphatic rings. The minimum atomic E-state index is -0.172. The molecule has 0 bridgehead atoms. The van der Waals surface area contributed by atoms with Crippen LogP contribution in [-0.2, 0) is 19.5 Å². The topological polar surface area (TPSA) is 86.8 Å². The second-order valence-electron chi connectivity index (χ2n) is 9.43. The van der Waals surface area contributed by atoms with E-state index in [1.165, 1.54) is 5.56 Å². The first-order valence-corrected chi connectivity index (χ1v) is 12.7. The van der Waals surface area contributed by atoms with Crippen molar-refractivity contribution < 1.29 is 4.79 Å². The maximum atomic E-state index is 12.9. The summed E-state index contributed by atoms with van der Waals surface area (Å²) in [6.07, 6.45) is 6.76. The quantitative estimate of drug-likeness (QED) is 0.308. The highest BCUT2D eigenvalue weighted by Crippen LogP contribution is 2.34. The molecule has 3 heterocycles. The Balaban J connectivity index is 1.30. The fraction of sp³-hybridized carbons (Fsp3) is 0.200. The lowest BCUT2D eigenvalue weighted by molar-refractivity contribution is 0.102. The molecule has 7 nitrogen and oxygen atoms in total. The third-order valence-corrected chi connectivity index (χ3v) is 6.88. The molecule has 0 aliphatic heterocycles. The first-order chi connectivity index (χ1) is 18.2. The molecule has 2 aromatic carbocycles. The lowest BCUT2D eigenvalue weighted by atomic mass is 9.90. The average molecular weight is 489 g/mol. The molecule has 0 spiro atoms. The molecule has 184 valence electrons. The lowest BCUT2D eigenvalue weighted by Gasteiger charge is -2.34. The van der Waals surface area contributed by atoms with Gasteiger partial charge in [0.25, 0.3) is 5.91 Å². The Morgan fingerprint density at radius 1 is 0.946 bits per heavy atom. The van der Waals surface area contributed by atoms with E-state index < -0.39 is 0 Å². The summed E-state index contributed by atoms with van der Waals surface area (Å²) in [7, 11) is 0. The minimum Gasteiger partial charge on any atom is -0.341 e. The molecule has 1 unspecified atom stereocenters. The number of aromatic amines is 1. The van der Waals surface area contributed by atoms with Crippen molar-refractivity contribution in [2.24, 2.45) is 0 Å². The van der Waals surface area contributed by atoms with Gasteiger partial charge in [0.05, 0.1) is 29.3 Å². The van der Waals surface area contributed by atoms with Crippen molar-refractivity contribution in [3.63, 3.8) is 0 Å². The van der Waals surface area contributed by atoms with E-state index in [-0.39, 0.29) is 11.9 Å². The Labute approximate surface area is 215 Å². The number of aryl methyl sites for hydroxylation is 1. The van der Waals surface area contributed by atoms with Crippen molar-refractivity contribution in [3.8, 4) is 0 Å². The number of carbonyl (C=O) groups excluding carboxylic acids is 1. The van der Waals surface area contributed by atoms with Crippen LogP contribution < -0.4 is 5.32 Å². The molecule has 1 amide bonds. The number of hydrogen-bond donors (Lipinski definition) is 2. The van der Waals surface area contributed by atoms with Crippen LogP contribution in [0.3, 0.4) is 0 Å². The molecular weight excluding hydrogens is 460 g/mol. The summed E-state index contributed by atoms with van der Waals surface area (Å²) in [5.41, 5.74) is 6.13. The number of imidazole rings is 1. The minimum absolute atomic E-state index is 0.171. The molecule has 0 radical (unpaired) electrons. The van der Waals surface area contributed by atoms with Crippen LogP contribution in [0.25, 0.3) is 11.0 Å². The molecule has 1 atom stereocenters. The normalized spacial score (nSPS) is 15.0. The molecule has 0 fully saturated rings. The van der Waals surface area contributed by atoms with E-state index in [9.17, 15) is 4.79 Å². The summed E-state index contributed by atoms with van der Waals surface area (Å²) >= 11 is 0. The number of hydrogen-bond acceptors (Lipinski definition) is 5. The number of benzene rings is 2. The van der Waals surface area contributed by atoms with E-state index in [0.717, 1.165) is 47.4 Å². The molecule has 5 aromatic rings. The third-order valence-electron chi connectivity index (χ3n) is 6.88. The van der Waals surface area contributed by atoms with Gasteiger partial charge in [-0.25, -0.2) is 9.97 Å². The van der Waals surface area contributed by atoms with Crippen molar-refractivity contribution in [1.82, 2.24) is 24.8 Å². The number of para-hydroxylation sites is 2. The Bertz CT molecular complexity index is 1500. The highest BCUT2D eigenvalue weighted by atomic mass is 16.1. The van der Waals surface area contributed by atoms with Crippen LogP contribution in [0.4, 0.5) is 5.82 Å². The number of aromatic nitrogens is 4. The number of carbonyl (C=O) groups is 1. The van der Waals surface area contributed by atoms with Crippen LogP contribution in [0, 0.1) is 0 Å². The number of nitrogens with zero attached hydrogens (tertiary/aromatic N) is 4. The fourth-order valence-corrected chi connectivity index (χ4v) is 5.16. The maximum absolute atomic E-state index is 12.9. The van der Waals surface area contributed by atoms with Crippen molar-refractivity contribution in [1.29, 1.82) is 0 Å². The second-order valence-corrected chi connectivity index (χ2v) is 9.43. The summed E-state index contributed by atoms with van der Waals surface area (Å²) in [6.45, 7) is 1.32. The zero-order valence-corrected chi connectivity index (χ0v) is 20.5. The lowest BCUT2D eigenvalue weighted by Crippen LogP contribution is -2.32. The van der Waals surface area contributed by atoms with Crippen LogP contribution >= 0.6 is 0 Å². The molecule has 3 aromatic heterocycles. The number of fused-ring (bicyclic) bond motifs is 2. The van der Waals surface area contributed by atoms with E-state index in [0.29, 0.717) is 24.5 Å². The van der Waals surface area contributed by atoms with Gasteiger partial charge in [-0.1, -0.05) is 36.4 Å². The van der Waals surface area contributed by atoms with E-state index in [4.69, 9.17) is 9.97 Å². The second kappa shape index (κ2) is 10.3. The molecule has 2 N–H and O–H groups in total. The van der Waals surface area contributed by atoms with Gasteiger partial charge in [0.1, 0.15) is 11.6 Å². The van der Waals surface area contributed by atoms with E-state index in [1.54, 1.807) is 12.3 Å². The first-order valence-electron chi connectivity index (χ1n) is 12.7. The van der Waals surface area contributed by atoms with Crippen LogP contribution in [0.5, 0.6) is 0 Å². The van der Waals surface area contributed by atoms with Gasteiger partial charge in [0.15, 0.2) is 0 Å². The van der Waals surface area contributed by atoms with Gasteiger partial charge in [0.2, 0.25) is 0 Å². The Morgan fingerprint density at radius 3 is 2.73 bits per heavy atom. The monoisotopic (exact) mass is 488 g/mol. The van der Waals surface area contributed by atoms with Crippen LogP contribution in [-0.4, -0.2) is 30.7 Å². The molecule has 37 heavy (non-hydrogen) atoms. The summed E-state index contributed by atoms with van der Waals surface area (Å²) in [5.74, 6) is 1.29. The zero-order chi connectivity index (χ0) is 25.0. The average Bonchev–Trinajstić information content (AvgIpc) is 3.35. The highest BCUT2D eigenvalue weighted by Gasteiger charge is 2.28. The smallest absolute Gasteiger partial charge is 0.256 e. The largest absolute Gasteiger partial charge is 0.341 e. The Hall–Kier alpha value is -4.36. The van der Waals surface area contributed by atoms with Gasteiger partial charge in [0, 0.05) is 24.5 Å². The number of nitrogens with one attached hydrogen (secondary N) is 2. The van der Waals surface area contributed by atoms with Crippen molar-refractivity contribution in [2.75, 3.05) is 5.32 Å². The molecule has 0 saturated carbocycles. The van der Waals surface area contributed by atoms with Crippen molar-refractivity contribution in [3.05, 3.63) is 119 Å². The maximum Gasteiger partial charge on any atom is 0.256 e. The molecule has 0 saturated heterocycles. The zero-order valence-electron chi connectivity index (χ0n) is 20.5. The van der Waals surface area contributed by atoms with Gasteiger partial charge in [-0.15, -0.1) is 0 Å². The molecule has 1 aliphatic carbocycles. The number of amides is 1. The Kier molecular flexibility index (Phi) is 6.44. The SMILES string of the molecule is O=C(Nc1ccccn1)c1cccc(CN(Cc2nc3ccccc3[nH]2)C2CCCc3cccnc32)c1. The summed E-state index contributed by atoms with van der Waals surface area (Å²) in [4.78, 5) is 32.7. The van der Waals surface area contributed by atoms with Crippen LogP contribution in [0.1, 0.15) is 51.9 Å². The van der Waals surface area contributed by atoms with Gasteiger partial charge >= 0.3 is 0 Å². The van der Waals surface area contributed by atoms with Gasteiger partial charge in [-0.3, -0.25) is 14.7 Å². The standard InChI is InChI=1S/C30H28N6O/c37-30(35-27-15-3-4-16-31-27)23-10-5-8-21(18-23)19-36(20-28-33-24-12-1-2-13-25(24)34-28)26-14-6-9-22-11-7-17-32-29(22)26/h1-5,7-8,10-13,15-18,26H,6,9,14,19-20H2,(H,33,34)(H,31,35,37). The summed E-state index contributed by atoms with van der Waals surface area (Å²) in [5, 5.41) is 2.88.